The third-order valence-corrected chi connectivity index (χ3v) is 25.0. The summed E-state index contributed by atoms with van der Waals surface area (Å²) in [5.41, 5.74) is 1.80. The van der Waals surface area contributed by atoms with Crippen LogP contribution in [0.3, 0.4) is 0 Å². The molecule has 4 rings (SSSR count). The fraction of sp³-hybridized carbons (Fsp3) is 0.538. The smallest absolute Gasteiger partial charge is 0.631 e. The molecule has 8 atom stereocenters. The topological polar surface area (TPSA) is 241 Å². The van der Waals surface area contributed by atoms with Gasteiger partial charge in [0.25, 0.3) is 0 Å². The number of hydrogen-bond donors (Lipinski definition) is 4. The van der Waals surface area contributed by atoms with Gasteiger partial charge in [0.2, 0.25) is 0 Å². The number of nitrogens with one attached hydrogen (secondary N) is 4. The molecule has 0 amide bonds. The van der Waals surface area contributed by atoms with Crippen LogP contribution in [0.15, 0.2) is 48.5 Å². The fourth-order valence-electron chi connectivity index (χ4n) is 4.68. The van der Waals surface area contributed by atoms with Crippen molar-refractivity contribution < 1.29 is 86.3 Å². The molecule has 4 N–H and O–H groups in total. The maximum absolute atomic E-state index is 12.9. The molecule has 52 heavy (non-hydrogen) atoms. The van der Waals surface area contributed by atoms with Crippen molar-refractivity contribution >= 4 is 81.1 Å². The Bertz CT molecular complexity index is 1700. The number of anilines is 2. The van der Waals surface area contributed by atoms with E-state index in [0.717, 1.165) is 0 Å². The Balaban J connectivity index is 0.000000501. The molecule has 1 radical (unpaired) electrons. The predicted molar refractivity (Wildman–Crippen MR) is 217 cm³/mol. The van der Waals surface area contributed by atoms with Gasteiger partial charge in [-0.25, -0.2) is 0 Å². The molecule has 16 nitrogen and oxygen atoms in total. The average Bonchev–Trinajstić information content (AvgIpc) is 2.95. The second kappa shape index (κ2) is 19.6. The minimum Gasteiger partial charge on any atom is -0.631 e. The summed E-state index contributed by atoms with van der Waals surface area (Å²) in [6.07, 6.45) is -0.421. The molecular weight excluding hydrogens is 945 g/mol. The number of para-hydroxylation sites is 2. The molecule has 8 unspecified atom stereocenters. The van der Waals surface area contributed by atoms with Crippen LogP contribution in [0.1, 0.15) is 0 Å². The van der Waals surface area contributed by atoms with Gasteiger partial charge in [-0.15, -0.1) is 23.9 Å². The van der Waals surface area contributed by atoms with Crippen LogP contribution >= 0.6 is 58.3 Å². The van der Waals surface area contributed by atoms with Crippen LogP contribution in [0.5, 0.6) is 0 Å². The first-order valence-electron chi connectivity index (χ1n) is 15.2. The van der Waals surface area contributed by atoms with Gasteiger partial charge in [0, 0.05) is 79.9 Å². The van der Waals surface area contributed by atoms with Gasteiger partial charge in [-0.05, 0) is 53.4 Å². The normalized spacial score (nSPS) is 38.8. The molecule has 2 aromatic carbocycles. The van der Waals surface area contributed by atoms with Gasteiger partial charge >= 0.3 is 17.1 Å². The van der Waals surface area contributed by atoms with Gasteiger partial charge in [0.1, 0.15) is 0 Å². The van der Waals surface area contributed by atoms with Crippen LogP contribution in [0.25, 0.3) is 20.3 Å². The van der Waals surface area contributed by atoms with Crippen LogP contribution in [-0.4, -0.2) is 90.3 Å². The van der Waals surface area contributed by atoms with Crippen molar-refractivity contribution in [2.24, 2.45) is 0 Å². The van der Waals surface area contributed by atoms with Crippen LogP contribution in [0, 0.1) is 0 Å². The summed E-state index contributed by atoms with van der Waals surface area (Å²) >= 11 is 0. The number of fused-ring (bicyclic) bond motifs is 2. The van der Waals surface area contributed by atoms with Crippen LogP contribution in [-0.2, 0) is 86.3 Å². The van der Waals surface area contributed by atoms with E-state index in [1.165, 1.54) is 40.0 Å². The first kappa shape index (κ1) is 51.0. The molecule has 0 aromatic heterocycles. The number of nitrogens with zero attached hydrogens (tertiary/aromatic N) is 4. The molecule has 0 saturated carbocycles. The van der Waals surface area contributed by atoms with E-state index in [4.69, 9.17) is 0 Å². The molecular formula is C26H48FeN8O8P8Y. The van der Waals surface area contributed by atoms with Crippen molar-refractivity contribution in [1.82, 2.24) is 10.2 Å². The van der Waals surface area contributed by atoms with E-state index < -0.39 is 58.3 Å². The van der Waals surface area contributed by atoms with Crippen LogP contribution in [0.2, 0.25) is 0 Å². The van der Waals surface area contributed by atoms with E-state index in [9.17, 15) is 36.5 Å². The Kier molecular flexibility index (Phi) is 19.2. The van der Waals surface area contributed by atoms with Crippen LogP contribution < -0.4 is 20.3 Å². The molecule has 26 heteroatoms. The fourth-order valence-corrected chi connectivity index (χ4v) is 25.7. The minimum atomic E-state index is -3.16. The molecule has 0 aliphatic carbocycles. The Morgan fingerprint density at radius 2 is 0.808 bits per heavy atom. The molecule has 2 aliphatic heterocycles. The SMILES string of the molecule is CP1(=O)CP(C)(=O)NCP(C)(=O)Nc2ccccc2NP(C)(=O)CN1.CP1(=O)CP(C)(=O)[N-]CP(C)(=O)[N-]c2ccccc2[N-]P(C)(=O)C[N-]1.[Fe+4].[Y]. The van der Waals surface area contributed by atoms with Gasteiger partial charge in [0.05, 0.1) is 29.8 Å². The van der Waals surface area contributed by atoms with E-state index in [0.29, 0.717) is 22.7 Å². The molecule has 0 spiro atoms. The number of benzene rings is 2. The van der Waals surface area contributed by atoms with Crippen molar-refractivity contribution in [1.29, 1.82) is 0 Å². The Morgan fingerprint density at radius 1 is 0.481 bits per heavy atom. The third kappa shape index (κ3) is 18.5. The average molecular weight is 993 g/mol. The summed E-state index contributed by atoms with van der Waals surface area (Å²) in [5, 5.41) is 28.1. The predicted octanol–water partition coefficient (Wildman–Crippen LogP) is 11.2. The second-order valence-electron chi connectivity index (χ2n) is 13.5. The first-order chi connectivity index (χ1) is 22.6. The van der Waals surface area contributed by atoms with Crippen molar-refractivity contribution in [2.45, 2.75) is 0 Å². The van der Waals surface area contributed by atoms with Gasteiger partial charge < -0.3 is 57.9 Å². The second-order valence-corrected chi connectivity index (χ2v) is 36.3. The maximum Gasteiger partial charge on any atom is 4.00 e. The zero-order valence-corrected chi connectivity index (χ0v) is 41.5. The summed E-state index contributed by atoms with van der Waals surface area (Å²) in [4.78, 5) is 0. The van der Waals surface area contributed by atoms with E-state index in [2.05, 4.69) is 40.7 Å². The standard InChI is InChI=1S/C13H26N4O4P4.C13H22N4O4P4.Fe.Y/c2*1-22(18)9-14-24(3,20)11-25(4,21)15-10-23(2,19)17-13-8-6-5-7-12(13)16-22;;/h5-8H,9-11H2,1-4H3,(H,14,20)(H,15,21)(H,16,18)(H,17,19);5-8H,9-11H2,1-4H3;;/q;-4;+4;. The molecule has 2 aromatic rings. The Morgan fingerprint density at radius 3 is 1.15 bits per heavy atom. The maximum atomic E-state index is 12.9. The van der Waals surface area contributed by atoms with E-state index in [1.54, 1.807) is 61.9 Å². The summed E-state index contributed by atoms with van der Waals surface area (Å²) in [6.45, 7) is 11.7. The van der Waals surface area contributed by atoms with Gasteiger partial charge in [-0.1, -0.05) is 36.4 Å². The van der Waals surface area contributed by atoms with Gasteiger partial charge in [-0.3, -0.25) is 19.3 Å². The summed E-state index contributed by atoms with van der Waals surface area (Å²) in [7, 11) is -24.4. The number of rotatable bonds is 0. The third-order valence-electron chi connectivity index (χ3n) is 6.89. The summed E-state index contributed by atoms with van der Waals surface area (Å²) < 4.78 is 102. The number of hydrogen-bond acceptors (Lipinski definition) is 8. The largest absolute Gasteiger partial charge is 4.00 e. The van der Waals surface area contributed by atoms with Crippen molar-refractivity contribution in [2.75, 3.05) is 100 Å². The molecule has 291 valence electrons. The monoisotopic (exact) mass is 993 g/mol. The molecule has 0 fully saturated rings. The summed E-state index contributed by atoms with van der Waals surface area (Å²) in [6, 6.07) is 13.7. The van der Waals surface area contributed by atoms with Crippen molar-refractivity contribution in [3.63, 3.8) is 0 Å². The van der Waals surface area contributed by atoms with E-state index in [-0.39, 0.29) is 86.7 Å². The Labute approximate surface area is 344 Å². The molecule has 2 aliphatic rings. The van der Waals surface area contributed by atoms with Gasteiger partial charge in [-0.2, -0.15) is 0 Å². The van der Waals surface area contributed by atoms with Crippen LogP contribution in [0.4, 0.5) is 22.7 Å². The quantitative estimate of drug-likeness (QED) is 0.142. The van der Waals surface area contributed by atoms with Crippen molar-refractivity contribution in [3.05, 3.63) is 68.9 Å². The summed E-state index contributed by atoms with van der Waals surface area (Å²) in [5.74, 6) is -0.292. The van der Waals surface area contributed by atoms with Crippen molar-refractivity contribution in [3.8, 4) is 0 Å². The van der Waals surface area contributed by atoms with Gasteiger partial charge in [0.15, 0.2) is 29.2 Å². The molecule has 0 bridgehead atoms. The van der Waals surface area contributed by atoms with E-state index >= 15 is 0 Å². The molecule has 0 saturated heterocycles. The van der Waals surface area contributed by atoms with E-state index in [1.807, 2.05) is 0 Å². The Hall–Kier alpha value is 0.943. The zero-order chi connectivity index (χ0) is 37.9. The molecule has 2 heterocycles. The zero-order valence-electron chi connectivity index (χ0n) is 30.4. The minimum absolute atomic E-state index is 0. The first-order valence-corrected chi connectivity index (χ1v) is 33.7.